The number of benzene rings is 6. The second kappa shape index (κ2) is 26.9. The molecule has 0 amide bonds. The maximum atomic E-state index is 6.83. The van der Waals surface area contributed by atoms with Crippen LogP contribution in [0.25, 0.3) is 0 Å². The summed E-state index contributed by atoms with van der Waals surface area (Å²) in [5.74, 6) is 6.46. The molecule has 0 saturated heterocycles. The van der Waals surface area contributed by atoms with Crippen LogP contribution in [0.15, 0.2) is 91.4 Å². The van der Waals surface area contributed by atoms with Crippen LogP contribution in [0, 0.1) is 0 Å². The van der Waals surface area contributed by atoms with Crippen LogP contribution in [0.1, 0.15) is 83.8 Å². The number of nitrogens with two attached hydrogens (primary N) is 3. The van der Waals surface area contributed by atoms with Crippen molar-refractivity contribution in [2.45, 2.75) is 78.0 Å². The van der Waals surface area contributed by atoms with Gasteiger partial charge in [-0.3, -0.25) is 14.0 Å². The molecule has 12 aliphatic heterocycles. The van der Waals surface area contributed by atoms with E-state index >= 15 is 0 Å². The highest BCUT2D eigenvalue weighted by molar-refractivity contribution is 5.61. The standard InChI is InChI=1S/C66H72N12O12/c1-79-55-22-40-16-44-26-59-57(81-3)24-42(44)18-45-27-60-56(80-2)23-41(45)17-43(40)25-58(55)82-10-13-85-61-28-46-19-50-32-65(89-38-53-35-77(8-5-68)74-71-53)62(86-14-11-83-59)30-48(50)21-51-33-66(90-39-54-36-78(9-6-69)75-72-54)63(87-15-12-84-60)29-47(51)20-49(46)31-64(61)88-37-52-34-76(7-4-67)73-70-52/h22-36H,4-21,37-39,67-69H2,1-3H3. The minimum atomic E-state index is 0.104. The van der Waals surface area contributed by atoms with E-state index in [4.69, 9.17) is 74.0 Å². The molecule has 6 aromatic carbocycles. The number of hydrogen-bond donors (Lipinski definition) is 3. The Balaban J connectivity index is 1.00. The molecule has 24 heteroatoms. The van der Waals surface area contributed by atoms with Gasteiger partial charge in [0.1, 0.15) is 76.5 Å². The van der Waals surface area contributed by atoms with Gasteiger partial charge in [-0.05, 0) is 178 Å². The van der Waals surface area contributed by atoms with Crippen molar-refractivity contribution in [1.29, 1.82) is 0 Å². The summed E-state index contributed by atoms with van der Waals surface area (Å²) >= 11 is 0. The first-order valence-corrected chi connectivity index (χ1v) is 30.2. The predicted molar refractivity (Wildman–Crippen MR) is 328 cm³/mol. The van der Waals surface area contributed by atoms with Crippen molar-refractivity contribution in [3.05, 3.63) is 175 Å². The number of ether oxygens (including phenoxy) is 12. The highest BCUT2D eigenvalue weighted by atomic mass is 16.6. The first-order chi connectivity index (χ1) is 44.2. The van der Waals surface area contributed by atoms with Crippen molar-refractivity contribution >= 4 is 0 Å². The maximum absolute atomic E-state index is 6.83. The third-order valence-corrected chi connectivity index (χ3v) is 16.3. The average molecular weight is 1230 g/mol. The van der Waals surface area contributed by atoms with Gasteiger partial charge in [0, 0.05) is 19.6 Å². The van der Waals surface area contributed by atoms with Gasteiger partial charge in [0.2, 0.25) is 0 Å². The minimum Gasteiger partial charge on any atom is -0.493 e. The molecule has 0 radical (unpaired) electrons. The van der Waals surface area contributed by atoms with Gasteiger partial charge >= 0.3 is 0 Å². The molecule has 0 fully saturated rings. The van der Waals surface area contributed by atoms with Gasteiger partial charge in [-0.2, -0.15) is 0 Å². The molecule has 2 aliphatic carbocycles. The van der Waals surface area contributed by atoms with Crippen LogP contribution >= 0.6 is 0 Å². The topological polar surface area (TPSA) is 281 Å². The highest BCUT2D eigenvalue weighted by Crippen LogP contribution is 2.45. The van der Waals surface area contributed by atoms with Crippen molar-refractivity contribution in [2.75, 3.05) is 80.6 Å². The monoisotopic (exact) mass is 1220 g/mol. The summed E-state index contributed by atoms with van der Waals surface area (Å²) in [6, 6.07) is 24.8. The molecule has 468 valence electrons. The first-order valence-electron chi connectivity index (χ1n) is 30.2. The molecule has 15 heterocycles. The second-order valence-electron chi connectivity index (χ2n) is 22.3. The van der Waals surface area contributed by atoms with Gasteiger partial charge in [-0.1, -0.05) is 15.6 Å². The van der Waals surface area contributed by atoms with Crippen LogP contribution in [-0.4, -0.2) is 126 Å². The summed E-state index contributed by atoms with van der Waals surface area (Å²) in [6.07, 6.45) is 8.46. The smallest absolute Gasteiger partial charge is 0.162 e. The van der Waals surface area contributed by atoms with Crippen LogP contribution < -0.4 is 74.0 Å². The highest BCUT2D eigenvalue weighted by Gasteiger charge is 2.27. The molecular formula is C66H72N12O12. The molecule has 6 N–H and O–H groups in total. The fourth-order valence-corrected chi connectivity index (χ4v) is 11.9. The lowest BCUT2D eigenvalue weighted by atomic mass is 9.94. The number of rotatable bonds is 18. The molecule has 0 spiro atoms. The van der Waals surface area contributed by atoms with E-state index in [0.29, 0.717) is 164 Å². The lowest BCUT2D eigenvalue weighted by Crippen LogP contribution is -2.13. The summed E-state index contributed by atoms with van der Waals surface area (Å²) in [5.41, 5.74) is 31.6. The second-order valence-corrected chi connectivity index (χ2v) is 22.3. The van der Waals surface area contributed by atoms with E-state index in [1.807, 2.05) is 18.6 Å². The van der Waals surface area contributed by atoms with Crippen molar-refractivity contribution < 1.29 is 56.8 Å². The van der Waals surface area contributed by atoms with Crippen molar-refractivity contribution in [2.24, 2.45) is 17.2 Å². The van der Waals surface area contributed by atoms with Crippen molar-refractivity contribution in [3.63, 3.8) is 0 Å². The molecule has 3 aromatic heterocycles. The Labute approximate surface area is 519 Å². The number of nitrogens with zero attached hydrogens (tertiary/aromatic N) is 9. The summed E-state index contributed by atoms with van der Waals surface area (Å²) in [6.45, 7) is 3.98. The molecular weight excluding hydrogens is 1150 g/mol. The van der Waals surface area contributed by atoms with Crippen LogP contribution in [-0.2, 0) is 78.0 Å². The van der Waals surface area contributed by atoms with Gasteiger partial charge < -0.3 is 74.0 Å². The fourth-order valence-electron chi connectivity index (χ4n) is 11.9. The zero-order chi connectivity index (χ0) is 61.5. The minimum absolute atomic E-state index is 0.104. The third-order valence-electron chi connectivity index (χ3n) is 16.3. The number of methoxy groups -OCH3 is 3. The number of hydrogen-bond acceptors (Lipinski definition) is 21. The Morgan fingerprint density at radius 2 is 0.533 bits per heavy atom. The van der Waals surface area contributed by atoms with Crippen molar-refractivity contribution in [3.8, 4) is 69.0 Å². The largest absolute Gasteiger partial charge is 0.493 e. The van der Waals surface area contributed by atoms with E-state index in [0.717, 1.165) is 66.8 Å². The van der Waals surface area contributed by atoms with E-state index in [9.17, 15) is 0 Å². The lowest BCUT2D eigenvalue weighted by Gasteiger charge is -2.20. The maximum Gasteiger partial charge on any atom is 0.162 e. The fraction of sp³-hybridized carbons (Fsp3) is 0.364. The summed E-state index contributed by atoms with van der Waals surface area (Å²) in [5, 5.41) is 26.0. The van der Waals surface area contributed by atoms with Gasteiger partial charge in [-0.15, -0.1) is 15.3 Å². The quantitative estimate of drug-likeness (QED) is 0.0853. The summed E-state index contributed by atoms with van der Waals surface area (Å²) in [7, 11) is 4.97. The third kappa shape index (κ3) is 13.2. The molecule has 90 heavy (non-hydrogen) atoms. The Hall–Kier alpha value is -9.78. The zero-order valence-electron chi connectivity index (χ0n) is 50.7. The molecule has 18 bridgehead atoms. The van der Waals surface area contributed by atoms with Gasteiger partial charge in [0.25, 0.3) is 0 Å². The zero-order valence-corrected chi connectivity index (χ0v) is 50.7. The van der Waals surface area contributed by atoms with Crippen molar-refractivity contribution in [1.82, 2.24) is 45.0 Å². The van der Waals surface area contributed by atoms with Crippen LogP contribution in [0.2, 0.25) is 0 Å². The van der Waals surface area contributed by atoms with E-state index in [1.54, 1.807) is 35.4 Å². The summed E-state index contributed by atoms with van der Waals surface area (Å²) in [4.78, 5) is 0. The SMILES string of the molecule is COc1cc2c3cc1OCCOc1cc4c(cc1OCc1cn(CCN)nn1)Cc1cc5c(OCc6cn(CCN)nn6)cc1Cc1cc(c(OCc6cn(CCN)nn6)cc1C4)OCCOc1cc(c(cc1OC)Cc1cc(c(OC)cc1C3)OCCO5)C2. The van der Waals surface area contributed by atoms with E-state index in [-0.39, 0.29) is 59.5 Å². The predicted octanol–water partition coefficient (Wildman–Crippen LogP) is 6.27. The normalized spacial score (nSPS) is 14.1. The van der Waals surface area contributed by atoms with E-state index in [1.165, 1.54) is 0 Å². The molecule has 23 rings (SSSR count). The molecule has 24 nitrogen and oxygen atoms in total. The van der Waals surface area contributed by atoms with Gasteiger partial charge in [0.15, 0.2) is 69.0 Å². The summed E-state index contributed by atoms with van der Waals surface area (Å²) < 4.78 is 84.3. The average Bonchev–Trinajstić information content (AvgIpc) is 2.38. The lowest BCUT2D eigenvalue weighted by molar-refractivity contribution is 0.200. The molecule has 0 saturated carbocycles. The molecule has 9 aromatic rings. The molecule has 14 aliphatic rings. The Morgan fingerprint density at radius 3 is 0.756 bits per heavy atom. The Bertz CT molecular complexity index is 3640. The van der Waals surface area contributed by atoms with Gasteiger partial charge in [-0.25, -0.2) is 0 Å². The molecule has 0 atom stereocenters. The van der Waals surface area contributed by atoms with Crippen LogP contribution in [0.4, 0.5) is 0 Å². The van der Waals surface area contributed by atoms with Crippen LogP contribution in [0.5, 0.6) is 69.0 Å². The molecule has 0 unspecified atom stereocenters. The van der Waals surface area contributed by atoms with E-state index in [2.05, 4.69) is 104 Å². The number of aromatic nitrogens is 9. The van der Waals surface area contributed by atoms with E-state index < -0.39 is 0 Å². The van der Waals surface area contributed by atoms with Crippen LogP contribution in [0.3, 0.4) is 0 Å². The first kappa shape index (κ1) is 59.2. The Morgan fingerprint density at radius 1 is 0.322 bits per heavy atom. The Kier molecular flexibility index (Phi) is 17.7. The van der Waals surface area contributed by atoms with Gasteiger partial charge in [0.05, 0.1) is 59.6 Å².